The van der Waals surface area contributed by atoms with Crippen molar-refractivity contribution in [2.75, 3.05) is 5.43 Å². The Kier molecular flexibility index (Phi) is 3.80. The van der Waals surface area contributed by atoms with Gasteiger partial charge in [0, 0.05) is 0 Å². The predicted molar refractivity (Wildman–Crippen MR) is 57.3 cm³/mol. The molecule has 82 valence electrons. The SMILES string of the molecule is N#C/C(=N\Nc1ccc(F)c(Cl)c1)C(N)=O. The normalized spacial score (nSPS) is 10.7. The number of anilines is 1. The van der Waals surface area contributed by atoms with E-state index in [0.717, 1.165) is 6.07 Å². The monoisotopic (exact) mass is 240 g/mol. The van der Waals surface area contributed by atoms with Crippen molar-refractivity contribution in [3.8, 4) is 6.07 Å². The summed E-state index contributed by atoms with van der Waals surface area (Å²) in [6.45, 7) is 0. The van der Waals surface area contributed by atoms with E-state index in [1.807, 2.05) is 0 Å². The van der Waals surface area contributed by atoms with Gasteiger partial charge < -0.3 is 5.73 Å². The van der Waals surface area contributed by atoms with Crippen LogP contribution in [-0.4, -0.2) is 11.6 Å². The van der Waals surface area contributed by atoms with Crippen molar-refractivity contribution in [2.45, 2.75) is 0 Å². The highest BCUT2D eigenvalue weighted by molar-refractivity contribution is 6.44. The zero-order valence-corrected chi connectivity index (χ0v) is 8.62. The smallest absolute Gasteiger partial charge is 0.280 e. The Balaban J connectivity index is 2.86. The zero-order chi connectivity index (χ0) is 12.1. The Bertz CT molecular complexity index is 495. The molecule has 0 atom stereocenters. The minimum Gasteiger partial charge on any atom is -0.364 e. The number of hydrogen-bond acceptors (Lipinski definition) is 4. The number of primary amides is 1. The molecule has 5 nitrogen and oxygen atoms in total. The third-order valence-electron chi connectivity index (χ3n) is 1.56. The summed E-state index contributed by atoms with van der Waals surface area (Å²) in [6, 6.07) is 5.23. The fourth-order valence-corrected chi connectivity index (χ4v) is 1.00. The fraction of sp³-hybridized carbons (Fsp3) is 0. The summed E-state index contributed by atoms with van der Waals surface area (Å²) in [4.78, 5) is 10.6. The maximum Gasteiger partial charge on any atom is 0.280 e. The summed E-state index contributed by atoms with van der Waals surface area (Å²) < 4.78 is 12.8. The number of carbonyl (C=O) groups excluding carboxylic acids is 1. The molecule has 0 aliphatic rings. The summed E-state index contributed by atoms with van der Waals surface area (Å²) in [5, 5.41) is 11.8. The number of halogens is 2. The fourth-order valence-electron chi connectivity index (χ4n) is 0.821. The Morgan fingerprint density at radius 1 is 1.62 bits per heavy atom. The molecule has 0 fully saturated rings. The number of nitrogens with one attached hydrogen (secondary N) is 1. The first-order chi connectivity index (χ1) is 7.54. The van der Waals surface area contributed by atoms with Crippen molar-refractivity contribution in [3.63, 3.8) is 0 Å². The van der Waals surface area contributed by atoms with Crippen molar-refractivity contribution >= 4 is 28.9 Å². The van der Waals surface area contributed by atoms with Crippen LogP contribution in [0.4, 0.5) is 10.1 Å². The van der Waals surface area contributed by atoms with E-state index in [0.29, 0.717) is 5.69 Å². The van der Waals surface area contributed by atoms with Crippen molar-refractivity contribution in [1.82, 2.24) is 0 Å². The Labute approximate surface area is 95.3 Å². The minimum atomic E-state index is -0.955. The number of amides is 1. The van der Waals surface area contributed by atoms with Gasteiger partial charge in [0.05, 0.1) is 10.7 Å². The van der Waals surface area contributed by atoms with Gasteiger partial charge in [-0.25, -0.2) is 4.39 Å². The zero-order valence-electron chi connectivity index (χ0n) is 7.87. The number of nitrogens with two attached hydrogens (primary N) is 1. The van der Waals surface area contributed by atoms with Gasteiger partial charge in [0.25, 0.3) is 5.91 Å². The highest BCUT2D eigenvalue weighted by Crippen LogP contribution is 2.19. The molecule has 0 aliphatic carbocycles. The average Bonchev–Trinajstić information content (AvgIpc) is 2.23. The molecular formula is C9H6ClFN4O. The lowest BCUT2D eigenvalue weighted by molar-refractivity contribution is -0.111. The quantitative estimate of drug-likeness (QED) is 0.615. The first-order valence-electron chi connectivity index (χ1n) is 4.03. The molecule has 1 aromatic carbocycles. The largest absolute Gasteiger partial charge is 0.364 e. The van der Waals surface area contributed by atoms with Gasteiger partial charge in [0.15, 0.2) is 0 Å². The third-order valence-corrected chi connectivity index (χ3v) is 1.85. The van der Waals surface area contributed by atoms with Crippen molar-refractivity contribution < 1.29 is 9.18 Å². The number of hydrogen-bond donors (Lipinski definition) is 2. The van der Waals surface area contributed by atoms with Crippen LogP contribution in [-0.2, 0) is 4.79 Å². The molecule has 0 aromatic heterocycles. The lowest BCUT2D eigenvalue weighted by Gasteiger charge is -2.01. The van der Waals surface area contributed by atoms with Crippen LogP contribution < -0.4 is 11.2 Å². The molecule has 0 saturated heterocycles. The van der Waals surface area contributed by atoms with E-state index in [1.54, 1.807) is 0 Å². The van der Waals surface area contributed by atoms with Crippen molar-refractivity contribution in [2.24, 2.45) is 10.8 Å². The number of rotatable bonds is 3. The summed E-state index contributed by atoms with van der Waals surface area (Å²) in [7, 11) is 0. The summed E-state index contributed by atoms with van der Waals surface area (Å²) >= 11 is 5.51. The molecule has 0 heterocycles. The van der Waals surface area contributed by atoms with Gasteiger partial charge in [-0.05, 0) is 18.2 Å². The molecule has 0 aliphatic heterocycles. The van der Waals surface area contributed by atoms with Crippen molar-refractivity contribution in [3.05, 3.63) is 29.0 Å². The van der Waals surface area contributed by atoms with E-state index in [4.69, 9.17) is 22.6 Å². The average molecular weight is 241 g/mol. The van der Waals surface area contributed by atoms with Crippen LogP contribution in [0.15, 0.2) is 23.3 Å². The topological polar surface area (TPSA) is 91.3 Å². The van der Waals surface area contributed by atoms with Crippen LogP contribution >= 0.6 is 11.6 Å². The molecule has 1 aromatic rings. The molecule has 0 spiro atoms. The van der Waals surface area contributed by atoms with Crippen LogP contribution in [0.2, 0.25) is 5.02 Å². The number of benzene rings is 1. The van der Waals surface area contributed by atoms with Crippen LogP contribution in [0.25, 0.3) is 0 Å². The van der Waals surface area contributed by atoms with Crippen LogP contribution in [0.5, 0.6) is 0 Å². The standard InChI is InChI=1S/C9H6ClFN4O/c10-6-3-5(1-2-7(6)11)14-15-8(4-12)9(13)16/h1-3,14H,(H2,13,16)/b15-8+. The second kappa shape index (κ2) is 5.09. The van der Waals surface area contributed by atoms with Gasteiger partial charge >= 0.3 is 0 Å². The highest BCUT2D eigenvalue weighted by atomic mass is 35.5. The van der Waals surface area contributed by atoms with Gasteiger partial charge in [-0.1, -0.05) is 11.6 Å². The van der Waals surface area contributed by atoms with Gasteiger partial charge in [-0.3, -0.25) is 10.2 Å². The third kappa shape index (κ3) is 2.93. The van der Waals surface area contributed by atoms with Crippen LogP contribution in [0, 0.1) is 17.1 Å². The Morgan fingerprint density at radius 2 is 2.31 bits per heavy atom. The predicted octanol–water partition coefficient (Wildman–Crippen LogP) is 1.26. The first-order valence-corrected chi connectivity index (χ1v) is 4.41. The molecule has 16 heavy (non-hydrogen) atoms. The second-order valence-corrected chi connectivity index (χ2v) is 3.08. The number of hydrazone groups is 1. The second-order valence-electron chi connectivity index (χ2n) is 2.68. The van der Waals surface area contributed by atoms with Gasteiger partial charge in [-0.2, -0.15) is 10.4 Å². The summed E-state index contributed by atoms with van der Waals surface area (Å²) in [5.41, 5.74) is 7.05. The summed E-state index contributed by atoms with van der Waals surface area (Å²) in [5.74, 6) is -1.53. The molecule has 1 amide bonds. The van der Waals surface area contributed by atoms with E-state index >= 15 is 0 Å². The van der Waals surface area contributed by atoms with Crippen LogP contribution in [0.1, 0.15) is 0 Å². The van der Waals surface area contributed by atoms with E-state index in [2.05, 4.69) is 10.5 Å². The molecular weight excluding hydrogens is 235 g/mol. The molecule has 7 heteroatoms. The van der Waals surface area contributed by atoms with Crippen LogP contribution in [0.3, 0.4) is 0 Å². The number of carbonyl (C=O) groups is 1. The van der Waals surface area contributed by atoms with E-state index < -0.39 is 17.4 Å². The molecule has 3 N–H and O–H groups in total. The maximum atomic E-state index is 12.8. The lowest BCUT2D eigenvalue weighted by atomic mass is 10.3. The first kappa shape index (κ1) is 11.9. The van der Waals surface area contributed by atoms with E-state index in [9.17, 15) is 9.18 Å². The highest BCUT2D eigenvalue weighted by Gasteiger charge is 2.05. The lowest BCUT2D eigenvalue weighted by Crippen LogP contribution is -2.22. The molecule has 0 saturated carbocycles. The van der Waals surface area contributed by atoms with Gasteiger partial charge in [0.1, 0.15) is 11.9 Å². The molecule has 0 bridgehead atoms. The summed E-state index contributed by atoms with van der Waals surface area (Å²) in [6.07, 6.45) is 0. The maximum absolute atomic E-state index is 12.8. The van der Waals surface area contributed by atoms with Crippen molar-refractivity contribution in [1.29, 1.82) is 5.26 Å². The van der Waals surface area contributed by atoms with Gasteiger partial charge in [-0.15, -0.1) is 0 Å². The van der Waals surface area contributed by atoms with Gasteiger partial charge in [0.2, 0.25) is 5.71 Å². The van der Waals surface area contributed by atoms with E-state index in [1.165, 1.54) is 18.2 Å². The number of nitriles is 1. The molecule has 0 unspecified atom stereocenters. The number of nitrogens with zero attached hydrogens (tertiary/aromatic N) is 2. The Morgan fingerprint density at radius 3 is 2.81 bits per heavy atom. The molecule has 1 rings (SSSR count). The Hall–Kier alpha value is -2.13. The minimum absolute atomic E-state index is 0.0993. The van der Waals surface area contributed by atoms with E-state index in [-0.39, 0.29) is 5.02 Å². The molecule has 0 radical (unpaired) electrons.